The average molecular weight is 418 g/mol. The number of hydrogen-bond acceptors (Lipinski definition) is 2. The first-order chi connectivity index (χ1) is 14.6. The van der Waals surface area contributed by atoms with E-state index in [1.807, 2.05) is 6.07 Å². The highest BCUT2D eigenvalue weighted by Gasteiger charge is 2.32. The Morgan fingerprint density at radius 1 is 1.03 bits per heavy atom. The van der Waals surface area contributed by atoms with Crippen molar-refractivity contribution in [2.24, 2.45) is 17.8 Å². The predicted octanol–water partition coefficient (Wildman–Crippen LogP) is 8.53. The maximum absolute atomic E-state index is 8.39. The second-order valence-electron chi connectivity index (χ2n) is 10.7. The molecule has 0 amide bonds. The van der Waals surface area contributed by atoms with E-state index in [-0.39, 0.29) is 5.60 Å². The number of methoxy groups -OCH3 is 1. The molecule has 1 aliphatic rings. The van der Waals surface area contributed by atoms with E-state index in [0.29, 0.717) is 11.8 Å². The minimum absolute atomic E-state index is 0.108. The number of hydrogen-bond donors (Lipinski definition) is 0. The van der Waals surface area contributed by atoms with Crippen LogP contribution in [0.4, 0.5) is 0 Å². The monoisotopic (exact) mass is 417 g/mol. The summed E-state index contributed by atoms with van der Waals surface area (Å²) < 4.78 is 20.3. The third-order valence-electron chi connectivity index (χ3n) is 7.00. The van der Waals surface area contributed by atoms with E-state index >= 15 is 0 Å². The molecule has 0 aromatic heterocycles. The first kappa shape index (κ1) is 23.5. The zero-order chi connectivity index (χ0) is 23.0. The number of rotatable bonds is 13. The SMILES string of the molecule is [2H]c1c(OC)cc(C)c2c1CC[C@](C)(CCC[C@@H](C)CCC[C@@H](C)CCCC(C)C)O2. The van der Waals surface area contributed by atoms with Crippen LogP contribution in [-0.4, -0.2) is 12.7 Å². The highest BCUT2D eigenvalue weighted by molar-refractivity contribution is 5.48. The lowest BCUT2D eigenvalue weighted by Crippen LogP contribution is -2.36. The Labute approximate surface area is 188 Å². The summed E-state index contributed by atoms with van der Waals surface area (Å²) in [6, 6.07) is 2.44. The smallest absolute Gasteiger partial charge is 0.126 e. The summed E-state index contributed by atoms with van der Waals surface area (Å²) in [5, 5.41) is 0. The van der Waals surface area contributed by atoms with Gasteiger partial charge in [-0.1, -0.05) is 72.6 Å². The van der Waals surface area contributed by atoms with Crippen molar-refractivity contribution >= 4 is 0 Å². The van der Waals surface area contributed by atoms with Crippen molar-refractivity contribution in [3.63, 3.8) is 0 Å². The number of ether oxygens (including phenoxy) is 2. The van der Waals surface area contributed by atoms with Gasteiger partial charge < -0.3 is 9.47 Å². The van der Waals surface area contributed by atoms with Gasteiger partial charge >= 0.3 is 0 Å². The molecule has 0 spiro atoms. The zero-order valence-electron chi connectivity index (χ0n) is 21.9. The van der Waals surface area contributed by atoms with Crippen LogP contribution in [0.15, 0.2) is 12.1 Å². The molecule has 2 heteroatoms. The Morgan fingerprint density at radius 3 is 2.23 bits per heavy atom. The molecule has 0 saturated heterocycles. The average Bonchev–Trinajstić information content (AvgIpc) is 2.70. The lowest BCUT2D eigenvalue weighted by molar-refractivity contribution is 0.0515. The molecular formula is C28H48O2. The second-order valence-corrected chi connectivity index (χ2v) is 10.7. The molecule has 3 atom stereocenters. The third kappa shape index (κ3) is 8.16. The molecule has 1 aliphatic heterocycles. The van der Waals surface area contributed by atoms with Crippen LogP contribution < -0.4 is 9.47 Å². The van der Waals surface area contributed by atoms with Gasteiger partial charge in [0.2, 0.25) is 0 Å². The van der Waals surface area contributed by atoms with E-state index < -0.39 is 0 Å². The molecule has 172 valence electrons. The summed E-state index contributed by atoms with van der Waals surface area (Å²) in [5.74, 6) is 4.11. The molecule has 0 radical (unpaired) electrons. The maximum atomic E-state index is 8.39. The van der Waals surface area contributed by atoms with Crippen LogP contribution in [0.25, 0.3) is 0 Å². The van der Waals surface area contributed by atoms with Crippen molar-refractivity contribution in [3.05, 3.63) is 23.2 Å². The van der Waals surface area contributed by atoms with Gasteiger partial charge in [-0.3, -0.25) is 0 Å². The van der Waals surface area contributed by atoms with Crippen molar-refractivity contribution in [1.29, 1.82) is 0 Å². The van der Waals surface area contributed by atoms with Gasteiger partial charge in [-0.15, -0.1) is 0 Å². The Bertz CT molecular complexity index is 684. The maximum Gasteiger partial charge on any atom is 0.126 e. The van der Waals surface area contributed by atoms with E-state index in [0.717, 1.165) is 53.9 Å². The van der Waals surface area contributed by atoms with E-state index in [4.69, 9.17) is 10.8 Å². The number of fused-ring (bicyclic) bond motifs is 1. The summed E-state index contributed by atoms with van der Waals surface area (Å²) in [5.41, 5.74) is 2.00. The minimum atomic E-state index is -0.108. The normalized spacial score (nSPS) is 21.0. The van der Waals surface area contributed by atoms with Crippen molar-refractivity contribution in [2.45, 2.75) is 118 Å². The van der Waals surface area contributed by atoms with E-state index in [9.17, 15) is 0 Å². The van der Waals surface area contributed by atoms with Gasteiger partial charge in [-0.25, -0.2) is 0 Å². The standard InChI is InChI=1S/C28H48O2/c1-21(2)11-8-12-22(3)13-9-14-23(4)15-10-17-28(6)18-16-25-20-26(29-7)19-24(5)27(25)30-28/h19-23H,8-18H2,1-7H3/t22-,23-,28-/m0/s1/i20D. The quantitative estimate of drug-likeness (QED) is 0.320. The van der Waals surface area contributed by atoms with Crippen molar-refractivity contribution in [1.82, 2.24) is 0 Å². The summed E-state index contributed by atoms with van der Waals surface area (Å²) in [6.07, 6.45) is 13.8. The topological polar surface area (TPSA) is 18.5 Å². The molecule has 0 saturated carbocycles. The van der Waals surface area contributed by atoms with Crippen LogP contribution in [0.2, 0.25) is 0 Å². The van der Waals surface area contributed by atoms with Gasteiger partial charge in [0, 0.05) is 0 Å². The van der Waals surface area contributed by atoms with E-state index in [1.165, 1.54) is 51.4 Å². The van der Waals surface area contributed by atoms with Crippen molar-refractivity contribution < 1.29 is 10.8 Å². The van der Waals surface area contributed by atoms with Crippen LogP contribution in [0.3, 0.4) is 0 Å². The van der Waals surface area contributed by atoms with Gasteiger partial charge in [-0.05, 0) is 80.5 Å². The Balaban J connectivity index is 1.72. The van der Waals surface area contributed by atoms with Crippen LogP contribution >= 0.6 is 0 Å². The molecule has 1 aromatic carbocycles. The van der Waals surface area contributed by atoms with Crippen LogP contribution in [0, 0.1) is 24.7 Å². The molecule has 1 aromatic rings. The lowest BCUT2D eigenvalue weighted by atomic mass is 9.85. The molecule has 0 unspecified atom stereocenters. The molecule has 0 bridgehead atoms. The molecule has 0 N–H and O–H groups in total. The molecule has 0 aliphatic carbocycles. The fourth-order valence-corrected chi connectivity index (χ4v) is 4.84. The lowest BCUT2D eigenvalue weighted by Gasteiger charge is -2.37. The predicted molar refractivity (Wildman–Crippen MR) is 130 cm³/mol. The van der Waals surface area contributed by atoms with Crippen LogP contribution in [-0.2, 0) is 6.42 Å². The fourth-order valence-electron chi connectivity index (χ4n) is 4.84. The van der Waals surface area contributed by atoms with E-state index in [1.54, 1.807) is 7.11 Å². The van der Waals surface area contributed by atoms with Crippen molar-refractivity contribution in [2.75, 3.05) is 7.11 Å². The summed E-state index contributed by atoms with van der Waals surface area (Å²) >= 11 is 0. The Kier molecular flexibility index (Phi) is 9.40. The molecule has 2 nitrogen and oxygen atoms in total. The number of aryl methyl sites for hydroxylation is 1. The van der Waals surface area contributed by atoms with Gasteiger partial charge in [0.15, 0.2) is 0 Å². The summed E-state index contributed by atoms with van der Waals surface area (Å²) in [6.45, 7) is 13.8. The molecule has 30 heavy (non-hydrogen) atoms. The van der Waals surface area contributed by atoms with Gasteiger partial charge in [0.05, 0.1) is 8.48 Å². The molecule has 1 heterocycles. The van der Waals surface area contributed by atoms with Gasteiger partial charge in [-0.2, -0.15) is 0 Å². The third-order valence-corrected chi connectivity index (χ3v) is 7.00. The minimum Gasteiger partial charge on any atom is -0.497 e. The number of benzene rings is 1. The molecular weight excluding hydrogens is 368 g/mol. The zero-order valence-corrected chi connectivity index (χ0v) is 20.9. The summed E-state index contributed by atoms with van der Waals surface area (Å²) in [7, 11) is 1.64. The highest BCUT2D eigenvalue weighted by atomic mass is 16.5. The molecule has 2 rings (SSSR count). The first-order valence-corrected chi connectivity index (χ1v) is 12.5. The van der Waals surface area contributed by atoms with E-state index in [2.05, 4.69) is 41.5 Å². The second kappa shape index (κ2) is 12.0. The van der Waals surface area contributed by atoms with Gasteiger partial charge in [0.25, 0.3) is 0 Å². The van der Waals surface area contributed by atoms with Crippen molar-refractivity contribution in [3.8, 4) is 11.5 Å². The highest BCUT2D eigenvalue weighted by Crippen LogP contribution is 2.40. The van der Waals surface area contributed by atoms with Gasteiger partial charge in [0.1, 0.15) is 17.1 Å². The fraction of sp³-hybridized carbons (Fsp3) is 0.786. The molecule has 0 fully saturated rings. The summed E-state index contributed by atoms with van der Waals surface area (Å²) in [4.78, 5) is 0. The Morgan fingerprint density at radius 2 is 1.63 bits per heavy atom. The van der Waals surface area contributed by atoms with Crippen LogP contribution in [0.5, 0.6) is 11.5 Å². The largest absolute Gasteiger partial charge is 0.497 e. The first-order valence-electron chi connectivity index (χ1n) is 13.0. The Hall–Kier alpha value is -1.18. The van der Waals surface area contributed by atoms with Crippen LogP contribution in [0.1, 0.15) is 111 Å².